The third kappa shape index (κ3) is 7.15. The van der Waals surface area contributed by atoms with Gasteiger partial charge in [-0.05, 0) is 39.0 Å². The molecule has 0 aliphatic heterocycles. The average Bonchev–Trinajstić information content (AvgIpc) is 3.61. The molecule has 214 valence electrons. The van der Waals surface area contributed by atoms with Crippen molar-refractivity contribution in [1.82, 2.24) is 9.55 Å². The van der Waals surface area contributed by atoms with Gasteiger partial charge in [0.2, 0.25) is 0 Å². The van der Waals surface area contributed by atoms with Crippen molar-refractivity contribution in [1.29, 1.82) is 0 Å². The molecule has 6 rings (SSSR count). The number of aromatic nitrogens is 2. The Morgan fingerprint density at radius 1 is 0.605 bits per heavy atom. The zero-order valence-electron chi connectivity index (χ0n) is 25.8. The highest BCUT2D eigenvalue weighted by Crippen LogP contribution is 2.33. The third-order valence-corrected chi connectivity index (χ3v) is 10.8. The molecule has 43 heavy (non-hydrogen) atoms. The van der Waals surface area contributed by atoms with Gasteiger partial charge in [0.1, 0.15) is 7.85 Å². The summed E-state index contributed by atoms with van der Waals surface area (Å²) in [4.78, 5) is 4.42. The van der Waals surface area contributed by atoms with E-state index in [9.17, 15) is 0 Å². The molecule has 6 aromatic rings. The first-order valence-electron chi connectivity index (χ1n) is 15.2. The summed E-state index contributed by atoms with van der Waals surface area (Å²) in [5.74, 6) is 0.484. The second-order valence-electron chi connectivity index (χ2n) is 12.2. The molecular formula is C39H41BN2Si. The molecule has 2 nitrogen and oxygen atoms in total. The van der Waals surface area contributed by atoms with Crippen molar-refractivity contribution in [3.8, 4) is 0 Å². The van der Waals surface area contributed by atoms with Gasteiger partial charge in [0.15, 0.2) is 0 Å². The molecule has 1 aromatic heterocycles. The maximum Gasteiger partial charge on any atom is 0.116 e. The topological polar surface area (TPSA) is 17.8 Å². The summed E-state index contributed by atoms with van der Waals surface area (Å²) < 4.78 is 2.31. The number of rotatable bonds is 7. The van der Waals surface area contributed by atoms with Crippen LogP contribution in [0.1, 0.15) is 54.4 Å². The van der Waals surface area contributed by atoms with Crippen molar-refractivity contribution in [2.75, 3.05) is 0 Å². The lowest BCUT2D eigenvalue weighted by Gasteiger charge is -2.37. The van der Waals surface area contributed by atoms with Crippen molar-refractivity contribution in [3.63, 3.8) is 0 Å². The van der Waals surface area contributed by atoms with Crippen LogP contribution < -0.4 is 5.19 Å². The molecule has 0 spiro atoms. The van der Waals surface area contributed by atoms with Gasteiger partial charge in [-0.3, -0.25) is 0 Å². The molecule has 0 radical (unpaired) electrons. The normalized spacial score (nSPS) is 11.8. The van der Waals surface area contributed by atoms with Gasteiger partial charge in [-0.2, -0.15) is 0 Å². The highest BCUT2D eigenvalue weighted by atomic mass is 28.2. The largest absolute Gasteiger partial charge is 0.326 e. The quantitative estimate of drug-likeness (QED) is 0.191. The molecule has 0 amide bonds. The van der Waals surface area contributed by atoms with Crippen LogP contribution in [-0.2, 0) is 10.6 Å². The molecule has 0 saturated carbocycles. The first kappa shape index (κ1) is 30.1. The number of imidazole rings is 1. The van der Waals surface area contributed by atoms with Crippen molar-refractivity contribution in [2.24, 2.45) is 0 Å². The molecule has 0 fully saturated rings. The van der Waals surface area contributed by atoms with Crippen LogP contribution in [0.5, 0.6) is 0 Å². The van der Waals surface area contributed by atoms with Crippen LogP contribution in [0.25, 0.3) is 0 Å². The van der Waals surface area contributed by atoms with Crippen LogP contribution >= 0.6 is 0 Å². The number of hydrogen-bond donors (Lipinski definition) is 0. The Morgan fingerprint density at radius 2 is 1.07 bits per heavy atom. The minimum atomic E-state index is -0.826. The van der Waals surface area contributed by atoms with Crippen LogP contribution in [0.2, 0.25) is 0 Å². The van der Waals surface area contributed by atoms with Gasteiger partial charge < -0.3 is 4.57 Å². The molecule has 0 bridgehead atoms. The van der Waals surface area contributed by atoms with Crippen LogP contribution in [0.4, 0.5) is 0 Å². The zero-order valence-corrected chi connectivity index (χ0v) is 27.2. The van der Waals surface area contributed by atoms with Crippen molar-refractivity contribution >= 4 is 22.6 Å². The highest BCUT2D eigenvalue weighted by Gasteiger charge is 2.36. The number of benzene rings is 5. The third-order valence-electron chi connectivity index (χ3n) is 8.30. The van der Waals surface area contributed by atoms with Gasteiger partial charge in [-0.15, -0.1) is 0 Å². The Hall–Kier alpha value is -4.41. The molecule has 0 N–H and O–H groups in total. The van der Waals surface area contributed by atoms with E-state index in [1.807, 2.05) is 12.5 Å². The monoisotopic (exact) mass is 576 g/mol. The van der Waals surface area contributed by atoms with Crippen LogP contribution in [0, 0.1) is 0 Å². The van der Waals surface area contributed by atoms with Crippen LogP contribution in [0.3, 0.4) is 0 Å². The fourth-order valence-electron chi connectivity index (χ4n) is 5.79. The molecule has 4 heteroatoms. The van der Waals surface area contributed by atoms with Crippen LogP contribution in [-0.4, -0.2) is 26.9 Å². The molecule has 5 aromatic carbocycles. The summed E-state index contributed by atoms with van der Waals surface area (Å²) in [5, 5.41) is 1.23. The van der Waals surface area contributed by atoms with Gasteiger partial charge in [0.25, 0.3) is 0 Å². The lowest BCUT2D eigenvalue weighted by molar-refractivity contribution is 0.589. The minimum Gasteiger partial charge on any atom is -0.326 e. The Balaban J connectivity index is 0.000000220. The lowest BCUT2D eigenvalue weighted by Crippen LogP contribution is -2.47. The first-order chi connectivity index (χ1) is 20.9. The van der Waals surface area contributed by atoms with E-state index >= 15 is 0 Å². The van der Waals surface area contributed by atoms with E-state index in [2.05, 4.69) is 190 Å². The van der Waals surface area contributed by atoms with Crippen molar-refractivity contribution < 1.29 is 0 Å². The van der Waals surface area contributed by atoms with Crippen LogP contribution in [0.15, 0.2) is 164 Å². The van der Waals surface area contributed by atoms with E-state index in [4.69, 9.17) is 0 Å². The van der Waals surface area contributed by atoms with E-state index in [1.165, 1.54) is 33.0 Å². The molecular weight excluding hydrogens is 535 g/mol. The summed E-state index contributed by atoms with van der Waals surface area (Å²) >= 11 is 0. The predicted molar refractivity (Wildman–Crippen MR) is 188 cm³/mol. The minimum absolute atomic E-state index is 0.140. The smallest absolute Gasteiger partial charge is 0.116 e. The Morgan fingerprint density at radius 3 is 1.51 bits per heavy atom. The Bertz CT molecular complexity index is 1590. The van der Waals surface area contributed by atoms with Gasteiger partial charge in [-0.25, -0.2) is 4.98 Å². The Kier molecular flexibility index (Phi) is 9.59. The highest BCUT2D eigenvalue weighted by molar-refractivity contribution is 6.57. The zero-order chi connectivity index (χ0) is 30.1. The van der Waals surface area contributed by atoms with E-state index in [1.54, 1.807) is 0 Å². The van der Waals surface area contributed by atoms with E-state index in [-0.39, 0.29) is 10.6 Å². The van der Waals surface area contributed by atoms with E-state index in [0.29, 0.717) is 5.82 Å². The summed E-state index contributed by atoms with van der Waals surface area (Å²) in [6.45, 7) is 6.85. The molecule has 0 aliphatic carbocycles. The SMILES string of the molecule is BC(c1ccccc1)c1ccccc1.CC(C)(C)c1cccc([SiH2]C(c2ccccc2)(c2ccccc2)n2ccnc2)c1. The number of hydrogen-bond acceptors (Lipinski definition) is 1. The van der Waals surface area contributed by atoms with Crippen molar-refractivity contribution in [3.05, 3.63) is 192 Å². The van der Waals surface area contributed by atoms with Gasteiger partial charge >= 0.3 is 0 Å². The lowest BCUT2D eigenvalue weighted by atomic mass is 9.76. The maximum atomic E-state index is 4.42. The second-order valence-corrected chi connectivity index (χ2v) is 14.4. The Labute approximate surface area is 260 Å². The average molecular weight is 577 g/mol. The molecule has 0 unspecified atom stereocenters. The first-order valence-corrected chi connectivity index (χ1v) is 16.6. The van der Waals surface area contributed by atoms with E-state index < -0.39 is 9.52 Å². The fourth-order valence-corrected chi connectivity index (χ4v) is 8.21. The molecule has 1 heterocycles. The fraction of sp³-hybridized carbons (Fsp3) is 0.154. The summed E-state index contributed by atoms with van der Waals surface area (Å²) in [5.41, 5.74) is 6.91. The molecule has 0 saturated heterocycles. The number of nitrogens with zero attached hydrogens (tertiary/aromatic N) is 2. The van der Waals surface area contributed by atoms with E-state index in [0.717, 1.165) is 0 Å². The molecule has 0 aliphatic rings. The van der Waals surface area contributed by atoms with Crippen molar-refractivity contribution in [2.45, 2.75) is 37.2 Å². The summed E-state index contributed by atoms with van der Waals surface area (Å²) in [6.07, 6.45) is 5.97. The standard InChI is InChI=1S/C26H28N2Si.C13H13B/c1-25(2,3)23-15-10-16-24(19-23)29-26(28-18-17-27-20-28,21-11-6-4-7-12-21)22-13-8-5-9-14-22;14-13(11-7-3-1-4-8-11)12-9-5-2-6-10-12/h4-20H,29H2,1-3H3;1-10,13H,14H2. The van der Waals surface area contributed by atoms with Gasteiger partial charge in [0.05, 0.1) is 21.0 Å². The molecule has 0 atom stereocenters. The summed E-state index contributed by atoms with van der Waals surface area (Å²) in [6, 6.07) is 52.2. The van der Waals surface area contributed by atoms with Gasteiger partial charge in [0, 0.05) is 12.4 Å². The maximum absolute atomic E-state index is 4.42. The second kappa shape index (κ2) is 13.7. The van der Waals surface area contributed by atoms with Gasteiger partial charge in [-0.1, -0.05) is 172 Å². The summed E-state index contributed by atoms with van der Waals surface area (Å²) in [7, 11) is 1.41. The predicted octanol–water partition coefficient (Wildman–Crippen LogP) is 6.83.